The van der Waals surface area contributed by atoms with Crippen LogP contribution in [0.25, 0.3) is 0 Å². The van der Waals surface area contributed by atoms with E-state index in [0.29, 0.717) is 5.92 Å². The Labute approximate surface area is 135 Å². The zero-order chi connectivity index (χ0) is 15.2. The molecule has 0 bridgehead atoms. The first kappa shape index (κ1) is 16.0. The predicted molar refractivity (Wildman–Crippen MR) is 91.7 cm³/mol. The fourth-order valence-corrected chi connectivity index (χ4v) is 2.66. The molecule has 0 radical (unpaired) electrons. The van der Waals surface area contributed by atoms with E-state index in [1.807, 2.05) is 12.1 Å². The van der Waals surface area contributed by atoms with Gasteiger partial charge < -0.3 is 5.32 Å². The van der Waals surface area contributed by atoms with E-state index < -0.39 is 0 Å². The Bertz CT molecular complexity index is 596. The minimum Gasteiger partial charge on any atom is -0.370 e. The average Bonchev–Trinajstić information content (AvgIpc) is 2.41. The van der Waals surface area contributed by atoms with Gasteiger partial charge in [0, 0.05) is 29.2 Å². The van der Waals surface area contributed by atoms with Crippen molar-refractivity contribution >= 4 is 21.7 Å². The molecular formula is C17H22BrN3. The highest BCUT2D eigenvalue weighted by atomic mass is 79.9. The summed E-state index contributed by atoms with van der Waals surface area (Å²) in [4.78, 5) is 9.34. The van der Waals surface area contributed by atoms with Crippen molar-refractivity contribution in [1.82, 2.24) is 9.97 Å². The Balaban J connectivity index is 2.29. The summed E-state index contributed by atoms with van der Waals surface area (Å²) in [5.74, 6) is 2.38. The summed E-state index contributed by atoms with van der Waals surface area (Å²) in [6, 6.07) is 10.3. The molecule has 0 spiro atoms. The summed E-state index contributed by atoms with van der Waals surface area (Å²) in [5, 5.41) is 3.30. The molecule has 4 heteroatoms. The van der Waals surface area contributed by atoms with E-state index in [-0.39, 0.29) is 0 Å². The van der Waals surface area contributed by atoms with Gasteiger partial charge in [0.25, 0.3) is 0 Å². The Morgan fingerprint density at radius 3 is 2.62 bits per heavy atom. The Kier molecular flexibility index (Phi) is 5.74. The first-order chi connectivity index (χ1) is 10.1. The van der Waals surface area contributed by atoms with Crippen LogP contribution in [0.5, 0.6) is 0 Å². The highest BCUT2D eigenvalue weighted by molar-refractivity contribution is 9.10. The number of halogens is 1. The number of nitrogens with zero attached hydrogens (tertiary/aromatic N) is 2. The molecule has 0 amide bonds. The van der Waals surface area contributed by atoms with Gasteiger partial charge in [-0.25, -0.2) is 9.97 Å². The van der Waals surface area contributed by atoms with Gasteiger partial charge in [-0.1, -0.05) is 48.0 Å². The van der Waals surface area contributed by atoms with Crippen LogP contribution in [0.2, 0.25) is 0 Å². The number of anilines is 1. The molecule has 0 unspecified atom stereocenters. The highest BCUT2D eigenvalue weighted by Crippen LogP contribution is 2.19. The lowest BCUT2D eigenvalue weighted by Crippen LogP contribution is -2.08. The van der Waals surface area contributed by atoms with Crippen LogP contribution in [0.15, 0.2) is 34.8 Å². The lowest BCUT2D eigenvalue weighted by atomic mass is 10.1. The maximum Gasteiger partial charge on any atom is 0.135 e. The molecule has 21 heavy (non-hydrogen) atoms. The molecule has 112 valence electrons. The standard InChI is InChI=1S/C17H22BrN3/c1-4-19-16-11-14(9-12(2)3)20-17(21-16)10-13-7-5-6-8-15(13)18/h5-8,11-12H,4,9-10H2,1-3H3,(H,19,20,21). The van der Waals surface area contributed by atoms with E-state index in [9.17, 15) is 0 Å². The van der Waals surface area contributed by atoms with Crippen molar-refractivity contribution in [3.8, 4) is 0 Å². The topological polar surface area (TPSA) is 37.8 Å². The fraction of sp³-hybridized carbons (Fsp3) is 0.412. The summed E-state index contributed by atoms with van der Waals surface area (Å²) in [7, 11) is 0. The third kappa shape index (κ3) is 4.81. The third-order valence-corrected chi connectivity index (χ3v) is 3.88. The van der Waals surface area contributed by atoms with Crippen molar-refractivity contribution in [2.24, 2.45) is 5.92 Å². The van der Waals surface area contributed by atoms with Crippen LogP contribution < -0.4 is 5.32 Å². The fourth-order valence-electron chi connectivity index (χ4n) is 2.24. The summed E-state index contributed by atoms with van der Waals surface area (Å²) >= 11 is 3.59. The Morgan fingerprint density at radius 1 is 1.19 bits per heavy atom. The van der Waals surface area contributed by atoms with Crippen molar-refractivity contribution in [3.63, 3.8) is 0 Å². The number of nitrogens with one attached hydrogen (secondary N) is 1. The molecule has 0 fully saturated rings. The molecule has 3 nitrogen and oxygen atoms in total. The van der Waals surface area contributed by atoms with Crippen molar-refractivity contribution < 1.29 is 0 Å². The predicted octanol–water partition coefficient (Wildman–Crippen LogP) is 4.46. The highest BCUT2D eigenvalue weighted by Gasteiger charge is 2.08. The maximum atomic E-state index is 4.72. The van der Waals surface area contributed by atoms with E-state index >= 15 is 0 Å². The van der Waals surface area contributed by atoms with E-state index in [1.165, 1.54) is 5.56 Å². The molecule has 0 saturated heterocycles. The summed E-state index contributed by atoms with van der Waals surface area (Å²) < 4.78 is 1.10. The van der Waals surface area contributed by atoms with E-state index in [1.54, 1.807) is 0 Å². The largest absolute Gasteiger partial charge is 0.370 e. The second kappa shape index (κ2) is 7.55. The number of rotatable bonds is 6. The zero-order valence-electron chi connectivity index (χ0n) is 12.9. The summed E-state index contributed by atoms with van der Waals surface area (Å²) in [6.45, 7) is 7.37. The number of hydrogen-bond donors (Lipinski definition) is 1. The van der Waals surface area contributed by atoms with Gasteiger partial charge in [0.05, 0.1) is 0 Å². The van der Waals surface area contributed by atoms with Crippen molar-refractivity contribution in [2.45, 2.75) is 33.6 Å². The SMILES string of the molecule is CCNc1cc(CC(C)C)nc(Cc2ccccc2Br)n1. The number of aromatic nitrogens is 2. The van der Waals surface area contributed by atoms with Gasteiger partial charge in [-0.2, -0.15) is 0 Å². The molecule has 2 aromatic rings. The molecule has 1 heterocycles. The van der Waals surface area contributed by atoms with Crippen LogP contribution in [-0.2, 0) is 12.8 Å². The van der Waals surface area contributed by atoms with Crippen molar-refractivity contribution in [2.75, 3.05) is 11.9 Å². The molecule has 1 N–H and O–H groups in total. The second-order valence-corrected chi connectivity index (χ2v) is 6.41. The van der Waals surface area contributed by atoms with Crippen LogP contribution in [-0.4, -0.2) is 16.5 Å². The van der Waals surface area contributed by atoms with E-state index in [4.69, 9.17) is 4.98 Å². The Hall–Kier alpha value is -1.42. The minimum absolute atomic E-state index is 0.589. The average molecular weight is 348 g/mol. The summed E-state index contributed by atoms with van der Waals surface area (Å²) in [5.41, 5.74) is 2.32. The molecule has 0 saturated carbocycles. The smallest absolute Gasteiger partial charge is 0.135 e. The summed E-state index contributed by atoms with van der Waals surface area (Å²) in [6.07, 6.45) is 1.72. The van der Waals surface area contributed by atoms with Gasteiger partial charge >= 0.3 is 0 Å². The van der Waals surface area contributed by atoms with Gasteiger partial charge in [-0.05, 0) is 30.9 Å². The number of benzene rings is 1. The molecule has 1 aromatic carbocycles. The molecular weight excluding hydrogens is 326 g/mol. The van der Waals surface area contributed by atoms with Crippen LogP contribution in [0.1, 0.15) is 37.9 Å². The molecule has 1 aromatic heterocycles. The van der Waals surface area contributed by atoms with Gasteiger partial charge in [0.15, 0.2) is 0 Å². The van der Waals surface area contributed by atoms with Crippen LogP contribution in [0, 0.1) is 5.92 Å². The quantitative estimate of drug-likeness (QED) is 0.838. The van der Waals surface area contributed by atoms with Crippen LogP contribution in [0.3, 0.4) is 0 Å². The Morgan fingerprint density at radius 2 is 1.95 bits per heavy atom. The van der Waals surface area contributed by atoms with E-state index in [2.05, 4.69) is 65.2 Å². The van der Waals surface area contributed by atoms with Crippen molar-refractivity contribution in [3.05, 3.63) is 51.9 Å². The molecule has 0 aliphatic heterocycles. The third-order valence-electron chi connectivity index (χ3n) is 3.11. The number of hydrogen-bond acceptors (Lipinski definition) is 3. The van der Waals surface area contributed by atoms with Gasteiger partial charge in [-0.3, -0.25) is 0 Å². The minimum atomic E-state index is 0.589. The maximum absolute atomic E-state index is 4.72. The van der Waals surface area contributed by atoms with Gasteiger partial charge in [0.2, 0.25) is 0 Å². The normalized spacial score (nSPS) is 10.9. The van der Waals surface area contributed by atoms with Gasteiger partial charge in [-0.15, -0.1) is 0 Å². The lowest BCUT2D eigenvalue weighted by Gasteiger charge is -2.11. The zero-order valence-corrected chi connectivity index (χ0v) is 14.4. The molecule has 0 atom stereocenters. The van der Waals surface area contributed by atoms with Crippen molar-refractivity contribution in [1.29, 1.82) is 0 Å². The van der Waals surface area contributed by atoms with Crippen LogP contribution in [0.4, 0.5) is 5.82 Å². The molecule has 0 aliphatic carbocycles. The monoisotopic (exact) mass is 347 g/mol. The first-order valence-corrected chi connectivity index (χ1v) is 8.22. The second-order valence-electron chi connectivity index (χ2n) is 5.56. The van der Waals surface area contributed by atoms with Crippen LogP contribution >= 0.6 is 15.9 Å². The molecule has 0 aliphatic rings. The molecule has 2 rings (SSSR count). The lowest BCUT2D eigenvalue weighted by molar-refractivity contribution is 0.631. The first-order valence-electron chi connectivity index (χ1n) is 7.42. The van der Waals surface area contributed by atoms with E-state index in [0.717, 1.165) is 41.2 Å². The van der Waals surface area contributed by atoms with Gasteiger partial charge in [0.1, 0.15) is 11.6 Å².